The van der Waals surface area contributed by atoms with Gasteiger partial charge in [-0.3, -0.25) is 14.5 Å². The number of amides is 2. The fourth-order valence-corrected chi connectivity index (χ4v) is 6.81. The Kier molecular flexibility index (Phi) is 7.91. The fraction of sp³-hybridized carbons (Fsp3) is 0.481. The van der Waals surface area contributed by atoms with Crippen LogP contribution in [0.25, 0.3) is 0 Å². The average Bonchev–Trinajstić information content (AvgIpc) is 3.12. The van der Waals surface area contributed by atoms with E-state index in [1.54, 1.807) is 18.2 Å². The zero-order valence-corrected chi connectivity index (χ0v) is 21.3. The fourth-order valence-electron chi connectivity index (χ4n) is 5.14. The van der Waals surface area contributed by atoms with Gasteiger partial charge in [-0.15, -0.1) is 0 Å². The van der Waals surface area contributed by atoms with Crippen molar-refractivity contribution in [2.24, 2.45) is 11.8 Å². The van der Waals surface area contributed by atoms with E-state index >= 15 is 0 Å². The second kappa shape index (κ2) is 10.9. The Morgan fingerprint density at radius 2 is 1.63 bits per heavy atom. The van der Waals surface area contributed by atoms with E-state index in [2.05, 4.69) is 0 Å². The van der Waals surface area contributed by atoms with Gasteiger partial charge in [0.1, 0.15) is 10.6 Å². The molecule has 2 unspecified atom stereocenters. The predicted octanol–water partition coefficient (Wildman–Crippen LogP) is 4.36. The predicted molar refractivity (Wildman–Crippen MR) is 133 cm³/mol. The lowest BCUT2D eigenvalue weighted by atomic mass is 9.81. The maximum Gasteiger partial charge on any atom is 0.247 e. The van der Waals surface area contributed by atoms with Gasteiger partial charge in [0.2, 0.25) is 21.8 Å². The van der Waals surface area contributed by atoms with Gasteiger partial charge in [-0.2, -0.15) is 4.31 Å². The van der Waals surface area contributed by atoms with Gasteiger partial charge < -0.3 is 4.74 Å². The summed E-state index contributed by atoms with van der Waals surface area (Å²) in [5.74, 6) is -0.473. The monoisotopic (exact) mass is 498 g/mol. The summed E-state index contributed by atoms with van der Waals surface area (Å²) >= 11 is 0. The Hall–Kier alpha value is -2.71. The third kappa shape index (κ3) is 5.28. The topological polar surface area (TPSA) is 84.0 Å². The third-order valence-electron chi connectivity index (χ3n) is 7.08. The van der Waals surface area contributed by atoms with Gasteiger partial charge in [0.15, 0.2) is 0 Å². The molecule has 1 saturated heterocycles. The summed E-state index contributed by atoms with van der Waals surface area (Å²) in [5.41, 5.74) is 1.50. The van der Waals surface area contributed by atoms with Crippen molar-refractivity contribution in [3.63, 3.8) is 0 Å². The Balaban J connectivity index is 1.64. The first-order valence-corrected chi connectivity index (χ1v) is 13.9. The van der Waals surface area contributed by atoms with Crippen molar-refractivity contribution >= 4 is 21.8 Å². The molecule has 8 heteroatoms. The maximum absolute atomic E-state index is 13.8. The molecule has 2 amide bonds. The Morgan fingerprint density at radius 3 is 2.23 bits per heavy atom. The summed E-state index contributed by atoms with van der Waals surface area (Å²) in [6.07, 6.45) is 5.02. The summed E-state index contributed by atoms with van der Waals surface area (Å²) in [6.45, 7) is 2.73. The number of imide groups is 1. The quantitative estimate of drug-likeness (QED) is 0.455. The smallest absolute Gasteiger partial charge is 0.247 e. The molecule has 188 valence electrons. The number of rotatable bonds is 10. The zero-order valence-electron chi connectivity index (χ0n) is 20.5. The lowest BCUT2D eigenvalue weighted by molar-refractivity contribution is -0.140. The summed E-state index contributed by atoms with van der Waals surface area (Å²) in [4.78, 5) is 27.3. The SMILES string of the molecule is CCCCN(Cc1ccccc1)S(=O)(=O)c1cc(CN2C(=O)C3CCCCC3C2=O)ccc1OC. The summed E-state index contributed by atoms with van der Waals surface area (Å²) in [5, 5.41) is 0. The van der Waals surface area contributed by atoms with Crippen molar-refractivity contribution in [1.29, 1.82) is 0 Å². The number of methoxy groups -OCH3 is 1. The number of sulfonamides is 1. The minimum absolute atomic E-state index is 0.0565. The molecule has 1 heterocycles. The number of benzene rings is 2. The highest BCUT2D eigenvalue weighted by atomic mass is 32.2. The highest BCUT2D eigenvalue weighted by Crippen LogP contribution is 2.39. The van der Waals surface area contributed by atoms with E-state index in [1.165, 1.54) is 16.3 Å². The first-order valence-electron chi connectivity index (χ1n) is 12.4. The molecule has 0 spiro atoms. The Labute approximate surface area is 208 Å². The van der Waals surface area contributed by atoms with Crippen LogP contribution in [0.15, 0.2) is 53.4 Å². The number of nitrogens with zero attached hydrogens (tertiary/aromatic N) is 2. The molecule has 0 radical (unpaired) electrons. The molecule has 0 bridgehead atoms. The zero-order chi connectivity index (χ0) is 25.0. The van der Waals surface area contributed by atoms with Gasteiger partial charge in [-0.1, -0.05) is 62.6 Å². The van der Waals surface area contributed by atoms with E-state index in [0.717, 1.165) is 44.1 Å². The third-order valence-corrected chi connectivity index (χ3v) is 8.95. The van der Waals surface area contributed by atoms with Crippen molar-refractivity contribution in [3.05, 3.63) is 59.7 Å². The van der Waals surface area contributed by atoms with Gasteiger partial charge in [0.05, 0.1) is 25.5 Å². The number of hydrogen-bond acceptors (Lipinski definition) is 5. The van der Waals surface area contributed by atoms with Crippen molar-refractivity contribution in [1.82, 2.24) is 9.21 Å². The van der Waals surface area contributed by atoms with Crippen LogP contribution in [-0.4, -0.2) is 43.1 Å². The van der Waals surface area contributed by atoms with Crippen molar-refractivity contribution in [2.45, 2.75) is 63.4 Å². The van der Waals surface area contributed by atoms with Crippen LogP contribution in [0.1, 0.15) is 56.6 Å². The van der Waals surface area contributed by atoms with Gasteiger partial charge in [-0.25, -0.2) is 8.42 Å². The number of unbranched alkanes of at least 4 members (excludes halogenated alkanes) is 1. The minimum atomic E-state index is -3.90. The van der Waals surface area contributed by atoms with Gasteiger partial charge >= 0.3 is 0 Å². The number of likely N-dealkylation sites (tertiary alicyclic amines) is 1. The first kappa shape index (κ1) is 25.4. The average molecular weight is 499 g/mol. The van der Waals surface area contributed by atoms with E-state index in [1.807, 2.05) is 37.3 Å². The van der Waals surface area contributed by atoms with Crippen molar-refractivity contribution in [3.8, 4) is 5.75 Å². The summed E-state index contributed by atoms with van der Waals surface area (Å²) in [7, 11) is -2.45. The number of ether oxygens (including phenoxy) is 1. The summed E-state index contributed by atoms with van der Waals surface area (Å²) < 4.78 is 34.6. The molecule has 1 aliphatic heterocycles. The molecule has 2 atom stereocenters. The molecule has 1 aliphatic carbocycles. The lowest BCUT2D eigenvalue weighted by Crippen LogP contribution is -2.32. The van der Waals surface area contributed by atoms with E-state index in [0.29, 0.717) is 12.1 Å². The molecule has 1 saturated carbocycles. The first-order chi connectivity index (χ1) is 16.9. The Bertz CT molecular complexity index is 1140. The molecule has 35 heavy (non-hydrogen) atoms. The molecular weight excluding hydrogens is 464 g/mol. The normalized spacial score (nSPS) is 20.4. The second-order valence-electron chi connectivity index (χ2n) is 9.42. The van der Waals surface area contributed by atoms with Crippen molar-refractivity contribution < 1.29 is 22.7 Å². The van der Waals surface area contributed by atoms with Crippen LogP contribution in [0.5, 0.6) is 5.75 Å². The molecule has 2 aromatic carbocycles. The molecule has 0 aromatic heterocycles. The lowest BCUT2D eigenvalue weighted by Gasteiger charge is -2.24. The molecule has 4 rings (SSSR count). The van der Waals surface area contributed by atoms with Crippen LogP contribution in [-0.2, 0) is 32.7 Å². The standard InChI is InChI=1S/C27H34N2O5S/c1-3-4-16-28(18-20-10-6-5-7-11-20)35(32,33)25-17-21(14-15-24(25)34-2)19-29-26(30)22-12-8-9-13-23(22)27(29)31/h5-7,10-11,14-15,17,22-23H,3-4,8-9,12-13,16,18-19H2,1-2H3. The van der Waals surface area contributed by atoms with Crippen LogP contribution in [0.3, 0.4) is 0 Å². The highest BCUT2D eigenvalue weighted by molar-refractivity contribution is 7.89. The van der Waals surface area contributed by atoms with E-state index in [4.69, 9.17) is 4.74 Å². The molecule has 0 N–H and O–H groups in total. The molecule has 2 aliphatic rings. The van der Waals surface area contributed by atoms with Crippen molar-refractivity contribution in [2.75, 3.05) is 13.7 Å². The van der Waals surface area contributed by atoms with E-state index in [-0.39, 0.29) is 47.4 Å². The van der Waals surface area contributed by atoms with Crippen LogP contribution < -0.4 is 4.74 Å². The molecular formula is C27H34N2O5S. The van der Waals surface area contributed by atoms with Crippen LogP contribution in [0, 0.1) is 11.8 Å². The van der Waals surface area contributed by atoms with E-state index < -0.39 is 10.0 Å². The highest BCUT2D eigenvalue weighted by Gasteiger charge is 2.48. The maximum atomic E-state index is 13.8. The Morgan fingerprint density at radius 1 is 0.971 bits per heavy atom. The number of carbonyl (C=O) groups is 2. The number of hydrogen-bond donors (Lipinski definition) is 0. The largest absolute Gasteiger partial charge is 0.495 e. The summed E-state index contributed by atoms with van der Waals surface area (Å²) in [6, 6.07) is 14.4. The van der Waals surface area contributed by atoms with Gasteiger partial charge in [0, 0.05) is 13.1 Å². The van der Waals surface area contributed by atoms with Crippen LogP contribution in [0.2, 0.25) is 0 Å². The molecule has 2 fully saturated rings. The minimum Gasteiger partial charge on any atom is -0.495 e. The van der Waals surface area contributed by atoms with Gasteiger partial charge in [0.25, 0.3) is 0 Å². The van der Waals surface area contributed by atoms with Gasteiger partial charge in [-0.05, 0) is 42.5 Å². The molecule has 7 nitrogen and oxygen atoms in total. The van der Waals surface area contributed by atoms with Crippen LogP contribution >= 0.6 is 0 Å². The molecule has 2 aromatic rings. The second-order valence-corrected chi connectivity index (χ2v) is 11.3. The van der Waals surface area contributed by atoms with Crippen LogP contribution in [0.4, 0.5) is 0 Å². The number of carbonyl (C=O) groups excluding carboxylic acids is 2. The van der Waals surface area contributed by atoms with E-state index in [9.17, 15) is 18.0 Å². The number of fused-ring (bicyclic) bond motifs is 1.